The van der Waals surface area contributed by atoms with Crippen molar-refractivity contribution in [1.82, 2.24) is 15.5 Å². The van der Waals surface area contributed by atoms with Gasteiger partial charge in [-0.1, -0.05) is 48.5 Å². The summed E-state index contributed by atoms with van der Waals surface area (Å²) in [6, 6.07) is 16.8. The number of benzene rings is 2. The van der Waals surface area contributed by atoms with Crippen LogP contribution in [0.4, 0.5) is 4.79 Å². The van der Waals surface area contributed by atoms with Gasteiger partial charge < -0.3 is 25.0 Å². The number of piperidine rings is 3. The van der Waals surface area contributed by atoms with Crippen LogP contribution in [-0.2, 0) is 21.6 Å². The molecule has 1 atom stereocenters. The number of ether oxygens (including phenoxy) is 2. The first-order chi connectivity index (χ1) is 16.3. The van der Waals surface area contributed by atoms with E-state index in [9.17, 15) is 4.79 Å². The molecule has 3 aliphatic rings. The summed E-state index contributed by atoms with van der Waals surface area (Å²) in [4.78, 5) is 15.4. The van der Waals surface area contributed by atoms with Crippen molar-refractivity contribution in [1.29, 1.82) is 0 Å². The molecule has 0 aromatic heterocycles. The molecule has 1 unspecified atom stereocenters. The molecule has 3 saturated heterocycles. The molecule has 34 heavy (non-hydrogen) atoms. The van der Waals surface area contributed by atoms with E-state index in [-0.39, 0.29) is 11.6 Å². The Kier molecular flexibility index (Phi) is 7.60. The molecule has 2 N–H and O–H groups in total. The van der Waals surface area contributed by atoms with Crippen LogP contribution in [0.25, 0.3) is 11.1 Å². The van der Waals surface area contributed by atoms with Gasteiger partial charge in [0.05, 0.1) is 30.9 Å². The minimum Gasteiger partial charge on any atom is -0.382 e. The quantitative estimate of drug-likeness (QED) is 0.534. The van der Waals surface area contributed by atoms with Crippen molar-refractivity contribution < 1.29 is 14.3 Å². The molecule has 2 bridgehead atoms. The molecule has 184 valence electrons. The van der Waals surface area contributed by atoms with Crippen molar-refractivity contribution in [2.45, 2.75) is 51.3 Å². The average Bonchev–Trinajstić information content (AvgIpc) is 2.82. The van der Waals surface area contributed by atoms with Gasteiger partial charge in [0.15, 0.2) is 0 Å². The number of nitrogens with zero attached hydrogens (tertiary/aromatic N) is 1. The lowest BCUT2D eigenvalue weighted by Crippen LogP contribution is -2.67. The molecule has 3 fully saturated rings. The van der Waals surface area contributed by atoms with E-state index in [0.29, 0.717) is 25.7 Å². The van der Waals surface area contributed by atoms with Crippen LogP contribution in [-0.4, -0.2) is 56.4 Å². The van der Waals surface area contributed by atoms with Gasteiger partial charge >= 0.3 is 6.03 Å². The summed E-state index contributed by atoms with van der Waals surface area (Å²) < 4.78 is 10.6. The highest BCUT2D eigenvalue weighted by molar-refractivity contribution is 5.76. The van der Waals surface area contributed by atoms with Gasteiger partial charge in [0, 0.05) is 13.7 Å². The molecule has 0 radical (unpaired) electrons. The summed E-state index contributed by atoms with van der Waals surface area (Å²) in [5.41, 5.74) is 3.90. The number of hydrogen-bond acceptors (Lipinski definition) is 4. The number of nitrogens with one attached hydrogen (secondary N) is 2. The predicted molar refractivity (Wildman–Crippen MR) is 136 cm³/mol. The van der Waals surface area contributed by atoms with Crippen LogP contribution in [0.2, 0.25) is 0 Å². The van der Waals surface area contributed by atoms with Crippen LogP contribution in [0, 0.1) is 5.92 Å². The second-order valence-corrected chi connectivity index (χ2v) is 10.5. The van der Waals surface area contributed by atoms with Crippen LogP contribution in [0.1, 0.15) is 44.7 Å². The van der Waals surface area contributed by atoms with Gasteiger partial charge in [0.2, 0.25) is 0 Å². The first-order valence-electron chi connectivity index (χ1n) is 12.4. The zero-order valence-corrected chi connectivity index (χ0v) is 21.0. The number of carbonyl (C=O) groups excluding carboxylic acids is 1. The summed E-state index contributed by atoms with van der Waals surface area (Å²) >= 11 is 0. The third-order valence-electron chi connectivity index (χ3n) is 7.46. The normalized spacial score (nSPS) is 24.1. The summed E-state index contributed by atoms with van der Waals surface area (Å²) in [6.45, 7) is 11.4. The van der Waals surface area contributed by atoms with Crippen LogP contribution in [0.5, 0.6) is 0 Å². The Morgan fingerprint density at radius 3 is 2.21 bits per heavy atom. The maximum Gasteiger partial charge on any atom is 0.315 e. The summed E-state index contributed by atoms with van der Waals surface area (Å²) in [7, 11) is 1.68. The predicted octanol–water partition coefficient (Wildman–Crippen LogP) is 4.54. The molecule has 0 spiro atoms. The maximum atomic E-state index is 13.0. The molecule has 6 nitrogen and oxygen atoms in total. The van der Waals surface area contributed by atoms with Gasteiger partial charge in [0.25, 0.3) is 0 Å². The van der Waals surface area contributed by atoms with E-state index in [1.165, 1.54) is 12.8 Å². The molecule has 2 aromatic carbocycles. The van der Waals surface area contributed by atoms with Crippen LogP contribution in [0.15, 0.2) is 48.5 Å². The van der Waals surface area contributed by atoms with E-state index >= 15 is 0 Å². The van der Waals surface area contributed by atoms with Crippen molar-refractivity contribution in [2.24, 2.45) is 5.92 Å². The van der Waals surface area contributed by atoms with Crippen LogP contribution < -0.4 is 10.6 Å². The molecular formula is C28H39N3O3. The topological polar surface area (TPSA) is 62.8 Å². The molecule has 0 aliphatic carbocycles. The van der Waals surface area contributed by atoms with Gasteiger partial charge in [0.1, 0.15) is 0 Å². The van der Waals surface area contributed by atoms with Gasteiger partial charge in [-0.15, -0.1) is 0 Å². The number of carbonyl (C=O) groups is 1. The Labute approximate surface area is 204 Å². The zero-order valence-electron chi connectivity index (χ0n) is 21.0. The van der Waals surface area contributed by atoms with Crippen molar-refractivity contribution in [3.63, 3.8) is 0 Å². The smallest absolute Gasteiger partial charge is 0.315 e. The molecule has 2 aromatic rings. The highest BCUT2D eigenvalue weighted by Gasteiger charge is 2.44. The fourth-order valence-electron chi connectivity index (χ4n) is 5.32. The molecule has 3 heterocycles. The average molecular weight is 466 g/mol. The lowest BCUT2D eigenvalue weighted by molar-refractivity contribution is 0.0224. The fraction of sp³-hybridized carbons (Fsp3) is 0.536. The summed E-state index contributed by atoms with van der Waals surface area (Å²) in [5, 5.41) is 6.52. The Balaban J connectivity index is 1.34. The van der Waals surface area contributed by atoms with Gasteiger partial charge in [-0.25, -0.2) is 4.79 Å². The standard InChI is InChI=1S/C28H39N3O3/c1-27(2,29-26(32)30-28(3)20-31-15-13-25(28)14-16-31)24-11-9-23(10-12-24)22-7-5-21(6-8-22)19-34-18-17-33-4/h5-12,25H,13-20H2,1-4H3,(H2,29,30,32). The molecule has 6 heteroatoms. The largest absolute Gasteiger partial charge is 0.382 e. The van der Waals surface area contributed by atoms with Crippen molar-refractivity contribution in [2.75, 3.05) is 40.0 Å². The summed E-state index contributed by atoms with van der Waals surface area (Å²) in [5.74, 6) is 0.564. The third-order valence-corrected chi connectivity index (χ3v) is 7.46. The lowest BCUT2D eigenvalue weighted by atomic mass is 9.74. The zero-order chi connectivity index (χ0) is 24.2. The SMILES string of the molecule is COCCOCc1ccc(-c2ccc(C(C)(C)NC(=O)NC3(C)CN4CCC3CC4)cc2)cc1. The monoisotopic (exact) mass is 465 g/mol. The Bertz CT molecular complexity index is 950. The van der Waals surface area contributed by atoms with Gasteiger partial charge in [-0.05, 0) is 74.9 Å². The second kappa shape index (κ2) is 10.5. The van der Waals surface area contributed by atoms with Gasteiger partial charge in [-0.2, -0.15) is 0 Å². The van der Waals surface area contributed by atoms with E-state index in [1.54, 1.807) is 7.11 Å². The number of fused-ring (bicyclic) bond motifs is 3. The molecule has 0 saturated carbocycles. The van der Waals surface area contributed by atoms with Crippen LogP contribution >= 0.6 is 0 Å². The van der Waals surface area contributed by atoms with Crippen molar-refractivity contribution >= 4 is 6.03 Å². The summed E-state index contributed by atoms with van der Waals surface area (Å²) in [6.07, 6.45) is 2.34. The van der Waals surface area contributed by atoms with E-state index < -0.39 is 5.54 Å². The van der Waals surface area contributed by atoms with E-state index in [4.69, 9.17) is 9.47 Å². The van der Waals surface area contributed by atoms with Crippen LogP contribution in [0.3, 0.4) is 0 Å². The Hall–Kier alpha value is -2.41. The number of hydrogen-bond donors (Lipinski definition) is 2. The highest BCUT2D eigenvalue weighted by atomic mass is 16.5. The number of methoxy groups -OCH3 is 1. The highest BCUT2D eigenvalue weighted by Crippen LogP contribution is 2.35. The first kappa shape index (κ1) is 24.7. The minimum atomic E-state index is -0.476. The molecular weight excluding hydrogens is 426 g/mol. The van der Waals surface area contributed by atoms with Crippen molar-refractivity contribution in [3.05, 3.63) is 59.7 Å². The first-order valence-corrected chi connectivity index (χ1v) is 12.4. The molecule has 3 aliphatic heterocycles. The Morgan fingerprint density at radius 1 is 1.03 bits per heavy atom. The van der Waals surface area contributed by atoms with E-state index in [1.807, 2.05) is 0 Å². The second-order valence-electron chi connectivity index (χ2n) is 10.5. The third kappa shape index (κ3) is 5.80. The Morgan fingerprint density at radius 2 is 1.65 bits per heavy atom. The fourth-order valence-corrected chi connectivity index (χ4v) is 5.32. The minimum absolute atomic E-state index is 0.0892. The molecule has 5 rings (SSSR count). The number of amides is 2. The lowest BCUT2D eigenvalue weighted by Gasteiger charge is -2.52. The molecule has 2 amide bonds. The van der Waals surface area contributed by atoms with Gasteiger partial charge in [-0.3, -0.25) is 0 Å². The van der Waals surface area contributed by atoms with E-state index in [0.717, 1.165) is 41.9 Å². The van der Waals surface area contributed by atoms with E-state index in [2.05, 4.69) is 84.8 Å². The number of urea groups is 1. The number of rotatable bonds is 9. The van der Waals surface area contributed by atoms with Crippen molar-refractivity contribution in [3.8, 4) is 11.1 Å². The maximum absolute atomic E-state index is 13.0.